The van der Waals surface area contributed by atoms with Crippen LogP contribution in [0, 0.1) is 5.82 Å². The Hall–Kier alpha value is -5.45. The second kappa shape index (κ2) is 10.0. The van der Waals surface area contributed by atoms with E-state index >= 15 is 0 Å². The number of methoxy groups -OCH3 is 1. The first kappa shape index (κ1) is 24.9. The van der Waals surface area contributed by atoms with Gasteiger partial charge in [-0.1, -0.05) is 24.3 Å². The number of nitrogen functional groups attached to an aromatic ring is 1. The van der Waals surface area contributed by atoms with Crippen molar-refractivity contribution in [1.82, 2.24) is 29.5 Å². The summed E-state index contributed by atoms with van der Waals surface area (Å²) in [6.45, 7) is 1.88. The Labute approximate surface area is 227 Å². The highest BCUT2D eigenvalue weighted by molar-refractivity contribution is 5.96. The van der Waals surface area contributed by atoms with Crippen LogP contribution in [0.5, 0.6) is 6.01 Å². The zero-order chi connectivity index (χ0) is 27.8. The fourth-order valence-corrected chi connectivity index (χ4v) is 4.75. The van der Waals surface area contributed by atoms with Gasteiger partial charge in [0.25, 0.3) is 5.56 Å². The van der Waals surface area contributed by atoms with E-state index in [9.17, 15) is 9.18 Å². The molecule has 0 aliphatic carbocycles. The van der Waals surface area contributed by atoms with E-state index in [1.165, 1.54) is 23.8 Å². The van der Waals surface area contributed by atoms with Gasteiger partial charge in [-0.25, -0.2) is 19.3 Å². The van der Waals surface area contributed by atoms with Crippen molar-refractivity contribution in [3.05, 3.63) is 101 Å². The van der Waals surface area contributed by atoms with Crippen molar-refractivity contribution in [1.29, 1.82) is 0 Å². The fraction of sp³-hybridized carbons (Fsp3) is 0.103. The number of nitrogens with two attached hydrogens (primary N) is 1. The summed E-state index contributed by atoms with van der Waals surface area (Å²) in [6.07, 6.45) is 4.84. The van der Waals surface area contributed by atoms with Gasteiger partial charge in [-0.2, -0.15) is 4.98 Å². The molecule has 3 N–H and O–H groups in total. The van der Waals surface area contributed by atoms with Gasteiger partial charge in [-0.3, -0.25) is 14.3 Å². The third-order valence-electron chi connectivity index (χ3n) is 6.53. The van der Waals surface area contributed by atoms with Gasteiger partial charge in [-0.15, -0.1) is 0 Å². The van der Waals surface area contributed by atoms with Crippen LogP contribution in [0.4, 0.5) is 16.2 Å². The van der Waals surface area contributed by atoms with Crippen molar-refractivity contribution < 1.29 is 9.13 Å². The molecule has 0 aliphatic heterocycles. The van der Waals surface area contributed by atoms with Crippen LogP contribution in [0.1, 0.15) is 18.7 Å². The molecule has 0 aliphatic rings. The Morgan fingerprint density at radius 2 is 1.80 bits per heavy atom. The van der Waals surface area contributed by atoms with Crippen LogP contribution >= 0.6 is 0 Å². The molecule has 0 spiro atoms. The molecule has 0 fully saturated rings. The molecule has 0 bridgehead atoms. The van der Waals surface area contributed by atoms with Crippen LogP contribution in [0.25, 0.3) is 38.6 Å². The standard InChI is InChI=1S/C29H23FN8O2/c1-16(35-26-25-22(10-5-11-32-25)36-28(31)37-26)23-12-17-6-3-9-21(18-14-33-29(40-2)34-15-18)24(17)27(39)38(23)20-8-4-7-19(30)13-20/h3-16H,1-2H3,(H3,31,35,36,37)/t16-/m0/s1. The predicted octanol–water partition coefficient (Wildman–Crippen LogP) is 4.69. The van der Waals surface area contributed by atoms with Crippen LogP contribution in [0.3, 0.4) is 0 Å². The molecule has 2 aromatic carbocycles. The molecule has 0 saturated heterocycles. The maximum absolute atomic E-state index is 14.4. The first-order valence-corrected chi connectivity index (χ1v) is 12.4. The molecule has 4 heterocycles. The van der Waals surface area contributed by atoms with E-state index < -0.39 is 11.9 Å². The topological polar surface area (TPSA) is 134 Å². The minimum Gasteiger partial charge on any atom is -0.467 e. The van der Waals surface area contributed by atoms with E-state index in [0.29, 0.717) is 50.1 Å². The molecule has 6 aromatic rings. The number of anilines is 2. The summed E-state index contributed by atoms with van der Waals surface area (Å²) in [6, 6.07) is 16.6. The smallest absolute Gasteiger partial charge is 0.316 e. The van der Waals surface area contributed by atoms with E-state index in [0.717, 1.165) is 0 Å². The number of fused-ring (bicyclic) bond motifs is 2. The largest absolute Gasteiger partial charge is 0.467 e. The van der Waals surface area contributed by atoms with Crippen molar-refractivity contribution in [2.24, 2.45) is 0 Å². The van der Waals surface area contributed by atoms with Gasteiger partial charge >= 0.3 is 6.01 Å². The average Bonchev–Trinajstić information content (AvgIpc) is 2.96. The Bertz CT molecular complexity index is 1940. The molecule has 6 rings (SSSR count). The van der Waals surface area contributed by atoms with Crippen molar-refractivity contribution >= 4 is 33.6 Å². The lowest BCUT2D eigenvalue weighted by Gasteiger charge is -2.22. The molecule has 4 aromatic heterocycles. The van der Waals surface area contributed by atoms with Gasteiger partial charge in [0.05, 0.1) is 29.7 Å². The second-order valence-corrected chi connectivity index (χ2v) is 9.09. The minimum atomic E-state index is -0.479. The van der Waals surface area contributed by atoms with Crippen LogP contribution < -0.4 is 21.3 Å². The molecule has 0 radical (unpaired) electrons. The van der Waals surface area contributed by atoms with E-state index in [-0.39, 0.29) is 17.5 Å². The molecule has 198 valence electrons. The van der Waals surface area contributed by atoms with E-state index in [2.05, 4.69) is 30.2 Å². The predicted molar refractivity (Wildman–Crippen MR) is 151 cm³/mol. The molecule has 0 amide bonds. The molecule has 10 nitrogen and oxygen atoms in total. The number of hydrogen-bond acceptors (Lipinski definition) is 9. The van der Waals surface area contributed by atoms with E-state index in [1.54, 1.807) is 42.9 Å². The second-order valence-electron chi connectivity index (χ2n) is 9.09. The van der Waals surface area contributed by atoms with Crippen molar-refractivity contribution in [3.63, 3.8) is 0 Å². The highest BCUT2D eigenvalue weighted by Gasteiger charge is 2.21. The van der Waals surface area contributed by atoms with Crippen LogP contribution in [0.15, 0.2) is 84.0 Å². The van der Waals surface area contributed by atoms with E-state index in [4.69, 9.17) is 10.5 Å². The number of aromatic nitrogens is 6. The third-order valence-corrected chi connectivity index (χ3v) is 6.53. The van der Waals surface area contributed by atoms with Gasteiger partial charge in [0.1, 0.15) is 11.3 Å². The normalized spacial score (nSPS) is 12.0. The van der Waals surface area contributed by atoms with Crippen LogP contribution in [-0.2, 0) is 0 Å². The van der Waals surface area contributed by atoms with Crippen molar-refractivity contribution in [3.8, 4) is 22.8 Å². The zero-order valence-corrected chi connectivity index (χ0v) is 21.5. The van der Waals surface area contributed by atoms with Crippen molar-refractivity contribution in [2.45, 2.75) is 13.0 Å². The van der Waals surface area contributed by atoms with Crippen molar-refractivity contribution in [2.75, 3.05) is 18.2 Å². The molecular formula is C29H23FN8O2. The summed E-state index contributed by atoms with van der Waals surface area (Å²) in [5.74, 6) is 0.0346. The summed E-state index contributed by atoms with van der Waals surface area (Å²) in [7, 11) is 1.48. The zero-order valence-electron chi connectivity index (χ0n) is 21.5. The summed E-state index contributed by atoms with van der Waals surface area (Å²) >= 11 is 0. The average molecular weight is 535 g/mol. The highest BCUT2D eigenvalue weighted by Crippen LogP contribution is 2.31. The Kier molecular flexibility index (Phi) is 6.23. The monoisotopic (exact) mass is 534 g/mol. The summed E-state index contributed by atoms with van der Waals surface area (Å²) < 4.78 is 21.0. The maximum Gasteiger partial charge on any atom is 0.316 e. The Morgan fingerprint density at radius 3 is 2.58 bits per heavy atom. The molecule has 40 heavy (non-hydrogen) atoms. The molecule has 11 heteroatoms. The Morgan fingerprint density at radius 1 is 1.00 bits per heavy atom. The number of halogens is 1. The quantitative estimate of drug-likeness (QED) is 0.312. The number of pyridine rings is 2. The molecule has 1 atom stereocenters. The number of benzene rings is 2. The molecular weight excluding hydrogens is 511 g/mol. The number of hydrogen-bond donors (Lipinski definition) is 2. The summed E-state index contributed by atoms with van der Waals surface area (Å²) in [5, 5.41) is 4.47. The summed E-state index contributed by atoms with van der Waals surface area (Å²) in [5.41, 5.74) is 8.98. The van der Waals surface area contributed by atoms with Gasteiger partial charge < -0.3 is 15.8 Å². The van der Waals surface area contributed by atoms with Gasteiger partial charge in [0.2, 0.25) is 5.95 Å². The summed E-state index contributed by atoms with van der Waals surface area (Å²) in [4.78, 5) is 35.7. The van der Waals surface area contributed by atoms with Gasteiger partial charge in [0, 0.05) is 29.8 Å². The van der Waals surface area contributed by atoms with Crippen LogP contribution in [-0.4, -0.2) is 36.6 Å². The van der Waals surface area contributed by atoms with Gasteiger partial charge in [0.15, 0.2) is 5.82 Å². The fourth-order valence-electron chi connectivity index (χ4n) is 4.75. The lowest BCUT2D eigenvalue weighted by atomic mass is 9.99. The number of nitrogens with one attached hydrogen (secondary N) is 1. The first-order valence-electron chi connectivity index (χ1n) is 12.4. The van der Waals surface area contributed by atoms with Crippen LogP contribution in [0.2, 0.25) is 0 Å². The Balaban J connectivity index is 1.57. The number of ether oxygens (including phenoxy) is 1. The first-order chi connectivity index (χ1) is 19.4. The highest BCUT2D eigenvalue weighted by atomic mass is 19.1. The SMILES string of the molecule is COc1ncc(-c2cccc3cc([C@H](C)Nc4nc(N)nc5cccnc45)n(-c4cccc(F)c4)c(=O)c23)cn1. The number of nitrogens with zero attached hydrogens (tertiary/aromatic N) is 6. The lowest BCUT2D eigenvalue weighted by Crippen LogP contribution is -2.26. The molecule has 0 unspecified atom stereocenters. The number of rotatable bonds is 6. The third kappa shape index (κ3) is 4.43. The minimum absolute atomic E-state index is 0.0857. The van der Waals surface area contributed by atoms with Gasteiger partial charge in [-0.05, 0) is 54.3 Å². The lowest BCUT2D eigenvalue weighted by molar-refractivity contribution is 0.380. The van der Waals surface area contributed by atoms with E-state index in [1.807, 2.05) is 31.2 Å². The maximum atomic E-state index is 14.4. The molecule has 0 saturated carbocycles.